The van der Waals surface area contributed by atoms with Gasteiger partial charge in [0.05, 0.1) is 25.2 Å². The lowest BCUT2D eigenvalue weighted by atomic mass is 10.0. The summed E-state index contributed by atoms with van der Waals surface area (Å²) in [6.07, 6.45) is 68.9. The van der Waals surface area contributed by atoms with E-state index in [1.54, 1.807) is 6.08 Å². The number of ether oxygens (including phenoxy) is 1. The average molecular weight is 888 g/mol. The van der Waals surface area contributed by atoms with E-state index < -0.39 is 18.2 Å². The van der Waals surface area contributed by atoms with Crippen LogP contribution in [-0.2, 0) is 14.3 Å². The zero-order valence-corrected chi connectivity index (χ0v) is 41.4. The maximum Gasteiger partial charge on any atom is 0.306 e. The Hall–Kier alpha value is -3.48. The monoisotopic (exact) mass is 888 g/mol. The normalized spacial score (nSPS) is 14.1. The molecule has 0 fully saturated rings. The van der Waals surface area contributed by atoms with Crippen molar-refractivity contribution in [2.24, 2.45) is 0 Å². The summed E-state index contributed by atoms with van der Waals surface area (Å²) < 4.78 is 5.81. The van der Waals surface area contributed by atoms with Gasteiger partial charge in [0, 0.05) is 6.42 Å². The summed E-state index contributed by atoms with van der Waals surface area (Å²) in [6, 6.07) is -0.754. The molecule has 0 aliphatic rings. The first-order chi connectivity index (χ1) is 31.5. The quantitative estimate of drug-likeness (QED) is 0.0245. The molecule has 0 saturated carbocycles. The lowest BCUT2D eigenvalue weighted by Gasteiger charge is -2.23. The van der Waals surface area contributed by atoms with E-state index in [0.717, 1.165) is 96.3 Å². The Bertz CT molecular complexity index is 1320. The minimum Gasteiger partial charge on any atom is -0.458 e. The Morgan fingerprint density at radius 3 is 1.44 bits per heavy atom. The molecule has 0 rings (SSSR count). The minimum atomic E-state index is -0.830. The van der Waals surface area contributed by atoms with Crippen molar-refractivity contribution in [1.82, 2.24) is 5.32 Å². The van der Waals surface area contributed by atoms with Gasteiger partial charge in [-0.2, -0.15) is 0 Å². The Kier molecular flexibility index (Phi) is 47.8. The highest BCUT2D eigenvalue weighted by atomic mass is 16.5. The van der Waals surface area contributed by atoms with Gasteiger partial charge in [-0.15, -0.1) is 0 Å². The van der Waals surface area contributed by atoms with Gasteiger partial charge >= 0.3 is 5.97 Å². The summed E-state index contributed by atoms with van der Waals surface area (Å²) in [7, 11) is 0. The first-order valence-electron chi connectivity index (χ1n) is 26.2. The van der Waals surface area contributed by atoms with Crippen LogP contribution in [0.2, 0.25) is 0 Å². The van der Waals surface area contributed by atoms with E-state index in [-0.39, 0.29) is 24.9 Å². The molecule has 0 aliphatic heterocycles. The third kappa shape index (κ3) is 45.1. The molecular weight excluding hydrogens is 791 g/mol. The second-order valence-corrected chi connectivity index (χ2v) is 17.2. The van der Waals surface area contributed by atoms with Crippen LogP contribution in [0.4, 0.5) is 0 Å². The van der Waals surface area contributed by atoms with Gasteiger partial charge in [-0.05, 0) is 76.7 Å². The zero-order valence-electron chi connectivity index (χ0n) is 41.4. The van der Waals surface area contributed by atoms with Crippen molar-refractivity contribution in [3.8, 4) is 0 Å². The summed E-state index contributed by atoms with van der Waals surface area (Å²) in [5, 5.41) is 23.7. The van der Waals surface area contributed by atoms with Crippen LogP contribution in [0.5, 0.6) is 0 Å². The Morgan fingerprint density at radius 2 is 0.938 bits per heavy atom. The maximum atomic E-state index is 13.2. The van der Waals surface area contributed by atoms with Crippen LogP contribution in [0.3, 0.4) is 0 Å². The number of allylic oxidation sites excluding steroid dienone is 17. The van der Waals surface area contributed by atoms with Crippen molar-refractivity contribution in [2.75, 3.05) is 6.61 Å². The SMILES string of the molecule is CC/C=C\C/C=C\C/C=C\C/C=C\C/C=C\C/C=C\C(CC(=O)NC(CO)C(O)CCCCCCCCCCCCCCCCC)OC(=O)CCCCCCC\C=C/C=C/C=C/CC. The molecule has 0 bridgehead atoms. The highest BCUT2D eigenvalue weighted by Gasteiger charge is 2.23. The van der Waals surface area contributed by atoms with Gasteiger partial charge in [-0.3, -0.25) is 9.59 Å². The molecule has 3 atom stereocenters. The van der Waals surface area contributed by atoms with Gasteiger partial charge in [-0.1, -0.05) is 240 Å². The molecule has 1 amide bonds. The lowest BCUT2D eigenvalue weighted by molar-refractivity contribution is -0.148. The highest BCUT2D eigenvalue weighted by molar-refractivity contribution is 5.78. The van der Waals surface area contributed by atoms with Crippen molar-refractivity contribution in [3.63, 3.8) is 0 Å². The second-order valence-electron chi connectivity index (χ2n) is 17.2. The van der Waals surface area contributed by atoms with Gasteiger partial charge in [0.25, 0.3) is 0 Å². The Morgan fingerprint density at radius 1 is 0.500 bits per heavy atom. The number of nitrogens with one attached hydrogen (secondary N) is 1. The molecular formula is C58H97NO5. The fraction of sp³-hybridized carbons (Fsp3) is 0.655. The number of unbranched alkanes of at least 4 members (excludes halogenated alkanes) is 19. The van der Waals surface area contributed by atoms with Gasteiger partial charge in [0.2, 0.25) is 5.91 Å². The summed E-state index contributed by atoms with van der Waals surface area (Å²) >= 11 is 0. The largest absolute Gasteiger partial charge is 0.458 e. The summed E-state index contributed by atoms with van der Waals surface area (Å²) in [5.74, 6) is -0.662. The Balaban J connectivity index is 4.79. The van der Waals surface area contributed by atoms with Crippen LogP contribution >= 0.6 is 0 Å². The van der Waals surface area contributed by atoms with E-state index in [9.17, 15) is 19.8 Å². The fourth-order valence-corrected chi connectivity index (χ4v) is 7.25. The molecule has 0 aromatic heterocycles. The van der Waals surface area contributed by atoms with E-state index in [1.807, 2.05) is 6.08 Å². The summed E-state index contributed by atoms with van der Waals surface area (Å²) in [5.41, 5.74) is 0. The first-order valence-corrected chi connectivity index (χ1v) is 26.2. The lowest BCUT2D eigenvalue weighted by Crippen LogP contribution is -2.46. The molecule has 0 spiro atoms. The van der Waals surface area contributed by atoms with Crippen LogP contribution < -0.4 is 5.32 Å². The molecule has 6 heteroatoms. The van der Waals surface area contributed by atoms with Crippen molar-refractivity contribution in [2.45, 2.75) is 238 Å². The number of aliphatic hydroxyl groups excluding tert-OH is 2. The molecule has 0 aromatic rings. The predicted octanol–water partition coefficient (Wildman–Crippen LogP) is 15.9. The van der Waals surface area contributed by atoms with Crippen LogP contribution in [0.1, 0.15) is 220 Å². The van der Waals surface area contributed by atoms with Gasteiger partial charge in [0.15, 0.2) is 0 Å². The van der Waals surface area contributed by atoms with E-state index in [1.165, 1.54) is 77.0 Å². The third-order valence-corrected chi connectivity index (χ3v) is 11.2. The molecule has 0 aromatic carbocycles. The van der Waals surface area contributed by atoms with Crippen molar-refractivity contribution >= 4 is 11.9 Å². The molecule has 0 radical (unpaired) electrons. The molecule has 0 saturated heterocycles. The van der Waals surface area contributed by atoms with Crippen LogP contribution in [0, 0.1) is 0 Å². The summed E-state index contributed by atoms with van der Waals surface area (Å²) in [4.78, 5) is 26.1. The standard InChI is InChI=1S/C58H97NO5/c1-4-7-10-13-16-19-22-25-27-28-30-32-34-37-40-43-46-49-54(64-58(63)51-48-45-42-39-36-31-24-21-18-15-12-9-6-3)52-57(62)59-55(53-60)56(61)50-47-44-41-38-35-33-29-26-23-20-17-14-11-8-5-2/h7,9-10,12,15-16,18-19,21,24-25,27,30,32,37,40,46,49,54-56,60-61H,4-6,8,11,13-14,17,20,22-23,26,28-29,31,33-36,38-39,41-45,47-48,50-53H2,1-3H3,(H,59,62)/b10-7-,12-9+,18-15+,19-16-,24-21-,27-25-,32-30-,40-37-,49-46-. The number of rotatable bonds is 45. The Labute approximate surface area is 394 Å². The number of amides is 1. The van der Waals surface area contributed by atoms with Crippen molar-refractivity contribution in [1.29, 1.82) is 0 Å². The smallest absolute Gasteiger partial charge is 0.306 e. The molecule has 64 heavy (non-hydrogen) atoms. The zero-order chi connectivity index (χ0) is 46.7. The molecule has 364 valence electrons. The predicted molar refractivity (Wildman–Crippen MR) is 277 cm³/mol. The first kappa shape index (κ1) is 60.5. The molecule has 0 heterocycles. The van der Waals surface area contributed by atoms with Crippen molar-refractivity contribution < 1.29 is 24.5 Å². The number of carbonyl (C=O) groups is 2. The highest BCUT2D eigenvalue weighted by Crippen LogP contribution is 2.16. The molecule has 0 aliphatic carbocycles. The van der Waals surface area contributed by atoms with E-state index in [0.29, 0.717) is 19.3 Å². The van der Waals surface area contributed by atoms with Gasteiger partial charge in [-0.25, -0.2) is 0 Å². The minimum absolute atomic E-state index is 0.0618. The van der Waals surface area contributed by atoms with E-state index >= 15 is 0 Å². The molecule has 3 unspecified atom stereocenters. The molecule has 3 N–H and O–H groups in total. The number of carbonyl (C=O) groups excluding carboxylic acids is 2. The maximum absolute atomic E-state index is 13.2. The van der Waals surface area contributed by atoms with Crippen molar-refractivity contribution in [3.05, 3.63) is 109 Å². The number of hydrogen-bond donors (Lipinski definition) is 3. The number of esters is 1. The van der Waals surface area contributed by atoms with E-state index in [4.69, 9.17) is 4.74 Å². The molecule has 6 nitrogen and oxygen atoms in total. The van der Waals surface area contributed by atoms with Crippen LogP contribution in [0.25, 0.3) is 0 Å². The second kappa shape index (κ2) is 50.5. The number of aliphatic hydroxyl groups is 2. The van der Waals surface area contributed by atoms with Gasteiger partial charge in [0.1, 0.15) is 6.10 Å². The average Bonchev–Trinajstić information content (AvgIpc) is 3.29. The third-order valence-electron chi connectivity index (χ3n) is 11.2. The topological polar surface area (TPSA) is 95.9 Å². The fourth-order valence-electron chi connectivity index (χ4n) is 7.25. The van der Waals surface area contributed by atoms with Gasteiger partial charge < -0.3 is 20.3 Å². The number of hydrogen-bond acceptors (Lipinski definition) is 5. The van der Waals surface area contributed by atoms with Crippen LogP contribution in [-0.4, -0.2) is 46.9 Å². The van der Waals surface area contributed by atoms with E-state index in [2.05, 4.69) is 123 Å². The summed E-state index contributed by atoms with van der Waals surface area (Å²) in [6.45, 7) is 6.19. The van der Waals surface area contributed by atoms with Crippen LogP contribution in [0.15, 0.2) is 109 Å².